The van der Waals surface area contributed by atoms with Crippen molar-refractivity contribution < 1.29 is 9.59 Å². The van der Waals surface area contributed by atoms with Crippen LogP contribution in [0.1, 0.15) is 30.4 Å². The number of ketones is 1. The first kappa shape index (κ1) is 20.8. The molecule has 3 aliphatic rings. The van der Waals surface area contributed by atoms with Crippen molar-refractivity contribution in [2.24, 2.45) is 5.73 Å². The number of anilines is 2. The van der Waals surface area contributed by atoms with Gasteiger partial charge in [-0.25, -0.2) is 0 Å². The summed E-state index contributed by atoms with van der Waals surface area (Å²) >= 11 is 9.78. The van der Waals surface area contributed by atoms with Crippen LogP contribution in [0.4, 0.5) is 11.4 Å². The highest BCUT2D eigenvalue weighted by molar-refractivity contribution is 9.10. The summed E-state index contributed by atoms with van der Waals surface area (Å²) in [5.74, 6) is -0.453. The van der Waals surface area contributed by atoms with Gasteiger partial charge >= 0.3 is 0 Å². The number of hydrogen-bond acceptors (Lipinski definition) is 5. The second-order valence-corrected chi connectivity index (χ2v) is 9.41. The third kappa shape index (κ3) is 2.57. The normalized spacial score (nSPS) is 22.1. The maximum atomic E-state index is 13.7. The largest absolute Gasteiger partial charge is 0.384 e. The lowest BCUT2D eigenvalue weighted by Gasteiger charge is -2.43. The zero-order valence-electron chi connectivity index (χ0n) is 17.1. The second-order valence-electron chi connectivity index (χ2n) is 8.08. The number of hydrogen-bond donors (Lipinski definition) is 2. The van der Waals surface area contributed by atoms with E-state index in [0.29, 0.717) is 58.1 Å². The summed E-state index contributed by atoms with van der Waals surface area (Å²) in [5.41, 5.74) is 8.55. The average molecular weight is 510 g/mol. The number of nitrogens with one attached hydrogen (secondary N) is 1. The van der Waals surface area contributed by atoms with E-state index < -0.39 is 11.3 Å². The van der Waals surface area contributed by atoms with Crippen molar-refractivity contribution in [3.8, 4) is 6.07 Å². The van der Waals surface area contributed by atoms with E-state index in [1.165, 1.54) is 0 Å². The third-order valence-corrected chi connectivity index (χ3v) is 7.36. The number of fused-ring (bicyclic) bond motifs is 3. The lowest BCUT2D eigenvalue weighted by molar-refractivity contribution is -0.122. The summed E-state index contributed by atoms with van der Waals surface area (Å²) in [6.07, 6.45) is 1.51. The van der Waals surface area contributed by atoms with E-state index in [9.17, 15) is 14.9 Å². The van der Waals surface area contributed by atoms with Crippen LogP contribution in [0, 0.1) is 18.3 Å². The van der Waals surface area contributed by atoms with Crippen molar-refractivity contribution in [3.63, 3.8) is 0 Å². The number of Topliss-reactive ketones (excluding diaryl/α,β-unsaturated/α-hetero) is 1. The highest BCUT2D eigenvalue weighted by Gasteiger charge is 2.60. The van der Waals surface area contributed by atoms with Gasteiger partial charge in [0.25, 0.3) is 0 Å². The standard InChI is InChI=1S/C24H18BrClN4O2/c1-12-17(26)9-8-15-21(12)29-23(32)24(15)16(11-27)22(28)30(14-5-2-4-13(25)10-14)18-6-3-7-19(31)20(18)24/h2,4-5,8-10H,3,6-7,28H2,1H3,(H,29,32). The molecule has 8 heteroatoms. The predicted octanol–water partition coefficient (Wildman–Crippen LogP) is 4.82. The third-order valence-electron chi connectivity index (χ3n) is 6.46. The molecule has 1 atom stereocenters. The van der Waals surface area contributed by atoms with Crippen molar-refractivity contribution in [1.82, 2.24) is 0 Å². The van der Waals surface area contributed by atoms with Gasteiger partial charge < -0.3 is 11.1 Å². The van der Waals surface area contributed by atoms with Gasteiger partial charge in [0.1, 0.15) is 17.3 Å². The number of rotatable bonds is 1. The molecule has 0 saturated carbocycles. The number of carbonyl (C=O) groups excluding carboxylic acids is 2. The summed E-state index contributed by atoms with van der Waals surface area (Å²) in [5, 5.41) is 13.7. The van der Waals surface area contributed by atoms with Gasteiger partial charge in [-0.2, -0.15) is 5.26 Å². The second kappa shape index (κ2) is 7.22. The van der Waals surface area contributed by atoms with Crippen molar-refractivity contribution in [1.29, 1.82) is 5.26 Å². The molecule has 1 amide bonds. The first-order valence-corrected chi connectivity index (χ1v) is 11.3. The van der Waals surface area contributed by atoms with Crippen LogP contribution in [0.15, 0.2) is 63.5 Å². The Labute approximate surface area is 198 Å². The summed E-state index contributed by atoms with van der Waals surface area (Å²) in [6, 6.07) is 13.1. The van der Waals surface area contributed by atoms with Crippen molar-refractivity contribution in [2.45, 2.75) is 31.6 Å². The first-order chi connectivity index (χ1) is 15.3. The summed E-state index contributed by atoms with van der Waals surface area (Å²) in [7, 11) is 0. The molecule has 2 aliphatic heterocycles. The summed E-state index contributed by atoms with van der Waals surface area (Å²) in [4.78, 5) is 28.9. The highest BCUT2D eigenvalue weighted by atomic mass is 79.9. The van der Waals surface area contributed by atoms with E-state index in [0.717, 1.165) is 4.47 Å². The number of carbonyl (C=O) groups is 2. The Hall–Kier alpha value is -3.08. The number of benzene rings is 2. The van der Waals surface area contributed by atoms with Gasteiger partial charge in [0.15, 0.2) is 5.78 Å². The molecule has 0 radical (unpaired) electrons. The number of nitriles is 1. The number of allylic oxidation sites excluding steroid dienone is 1. The van der Waals surface area contributed by atoms with E-state index >= 15 is 0 Å². The van der Waals surface area contributed by atoms with E-state index in [4.69, 9.17) is 17.3 Å². The molecule has 1 unspecified atom stereocenters. The van der Waals surface area contributed by atoms with Gasteiger partial charge in [0.2, 0.25) is 5.91 Å². The minimum absolute atomic E-state index is 0.0458. The molecule has 5 rings (SSSR count). The molecule has 0 bridgehead atoms. The Morgan fingerprint density at radius 3 is 2.75 bits per heavy atom. The van der Waals surface area contributed by atoms with Crippen LogP contribution in [-0.2, 0) is 15.0 Å². The molecule has 1 spiro atoms. The number of halogens is 2. The molecule has 6 nitrogen and oxygen atoms in total. The van der Waals surface area contributed by atoms with E-state index in [1.54, 1.807) is 24.0 Å². The highest BCUT2D eigenvalue weighted by Crippen LogP contribution is 2.56. The van der Waals surface area contributed by atoms with Crippen LogP contribution >= 0.6 is 27.5 Å². The van der Waals surface area contributed by atoms with Crippen LogP contribution in [0.2, 0.25) is 5.02 Å². The molecular formula is C24H18BrClN4O2. The quantitative estimate of drug-likeness (QED) is 0.574. The Morgan fingerprint density at radius 2 is 2.03 bits per heavy atom. The lowest BCUT2D eigenvalue weighted by atomic mass is 9.63. The minimum Gasteiger partial charge on any atom is -0.384 e. The predicted molar refractivity (Wildman–Crippen MR) is 126 cm³/mol. The average Bonchev–Trinajstić information content (AvgIpc) is 3.04. The van der Waals surface area contributed by atoms with Crippen molar-refractivity contribution in [2.75, 3.05) is 10.2 Å². The molecule has 160 valence electrons. The number of nitrogens with two attached hydrogens (primary N) is 1. The van der Waals surface area contributed by atoms with Crippen LogP contribution in [0.3, 0.4) is 0 Å². The number of amides is 1. The molecule has 0 saturated heterocycles. The Morgan fingerprint density at radius 1 is 1.25 bits per heavy atom. The zero-order valence-corrected chi connectivity index (χ0v) is 19.5. The van der Waals surface area contributed by atoms with Gasteiger partial charge in [-0.05, 0) is 49.6 Å². The fourth-order valence-electron chi connectivity index (χ4n) is 5.09. The summed E-state index contributed by atoms with van der Waals surface area (Å²) in [6.45, 7) is 1.80. The zero-order chi connectivity index (χ0) is 22.8. The monoisotopic (exact) mass is 508 g/mol. The molecular weight excluding hydrogens is 492 g/mol. The number of nitrogens with zero attached hydrogens (tertiary/aromatic N) is 2. The van der Waals surface area contributed by atoms with Crippen LogP contribution in [0.5, 0.6) is 0 Å². The Balaban J connectivity index is 1.90. The fraction of sp³-hybridized carbons (Fsp3) is 0.208. The fourth-order valence-corrected chi connectivity index (χ4v) is 5.63. The van der Waals surface area contributed by atoms with Gasteiger partial charge in [-0.3, -0.25) is 14.5 Å². The molecule has 2 aromatic rings. The molecule has 0 aromatic heterocycles. The Bertz CT molecular complexity index is 1340. The molecule has 3 N–H and O–H groups in total. The summed E-state index contributed by atoms with van der Waals surface area (Å²) < 4.78 is 0.833. The smallest absolute Gasteiger partial charge is 0.245 e. The molecule has 2 heterocycles. The van der Waals surface area contributed by atoms with E-state index in [-0.39, 0.29) is 17.2 Å². The minimum atomic E-state index is -1.58. The maximum Gasteiger partial charge on any atom is 0.245 e. The molecule has 2 aromatic carbocycles. The van der Waals surface area contributed by atoms with Crippen LogP contribution in [0.25, 0.3) is 0 Å². The lowest BCUT2D eigenvalue weighted by Crippen LogP contribution is -2.50. The topological polar surface area (TPSA) is 99.2 Å². The van der Waals surface area contributed by atoms with Gasteiger partial charge in [-0.15, -0.1) is 0 Å². The molecule has 1 aliphatic carbocycles. The van der Waals surface area contributed by atoms with Crippen LogP contribution in [-0.4, -0.2) is 11.7 Å². The van der Waals surface area contributed by atoms with E-state index in [1.807, 2.05) is 24.3 Å². The maximum absolute atomic E-state index is 13.7. The molecule has 0 fully saturated rings. The first-order valence-electron chi connectivity index (χ1n) is 10.2. The van der Waals surface area contributed by atoms with Crippen LogP contribution < -0.4 is 16.0 Å². The Kier molecular flexibility index (Phi) is 4.70. The van der Waals surface area contributed by atoms with Crippen molar-refractivity contribution >= 4 is 50.6 Å². The van der Waals surface area contributed by atoms with Crippen molar-refractivity contribution in [3.05, 3.63) is 79.7 Å². The van der Waals surface area contributed by atoms with Gasteiger partial charge in [0, 0.05) is 38.4 Å². The van der Waals surface area contributed by atoms with Gasteiger partial charge in [0.05, 0.1) is 11.3 Å². The van der Waals surface area contributed by atoms with Gasteiger partial charge in [-0.1, -0.05) is 39.7 Å². The van der Waals surface area contributed by atoms with E-state index in [2.05, 4.69) is 27.3 Å². The molecule has 32 heavy (non-hydrogen) atoms. The SMILES string of the molecule is Cc1c(Cl)ccc2c1NC(=O)C21C(C#N)=C(N)N(c2cccc(Br)c2)C2=C1C(=O)CCC2.